The van der Waals surface area contributed by atoms with Gasteiger partial charge in [-0.1, -0.05) is 40.7 Å². The van der Waals surface area contributed by atoms with Gasteiger partial charge in [-0.15, -0.1) is 0 Å². The van der Waals surface area contributed by atoms with Crippen molar-refractivity contribution in [3.05, 3.63) is 75.8 Å². The Balaban J connectivity index is 0.00000491. The van der Waals surface area contributed by atoms with Gasteiger partial charge in [-0.05, 0) is 119 Å². The molecule has 2 saturated heterocycles. The molecule has 30 nitrogen and oxygen atoms in total. The van der Waals surface area contributed by atoms with Crippen LogP contribution in [0.1, 0.15) is 150 Å². The van der Waals surface area contributed by atoms with Crippen molar-refractivity contribution in [2.75, 3.05) is 19.4 Å². The number of phosphoric ester groups is 1. The maximum Gasteiger partial charge on any atom is 3.00 e. The van der Waals surface area contributed by atoms with Crippen molar-refractivity contribution in [1.29, 1.82) is 5.26 Å². The second-order valence-corrected chi connectivity index (χ2v) is 30.8. The molecule has 7 heterocycles. The SMILES string of the molecule is C/C1=C2/[N-][C@H]([C@H](CC(N)=O)[C@@]2(C)CCC(=O)NC[C@@H](C)OP(=O)([O-])O[C@H]2[C@@H](O)[C@@H](n3cnc4cc(C)c(C)cc43)O[C@@H]2COS(C)(=O)=O)[C@]2(C)N=C(/C(C)=C3N=C(/C=C4N=C1[C@@H](CCC(N)=O)C\4(C)C)[C@@H](CCC(N)=O)[C@]\3(C)CC(N)=O)[C@@H](CCC(N)=O)[C@]2(C)CC(N)=O.[C-]#N.[Co+3]. The largest absolute Gasteiger partial charge is 3.00 e. The number of primary amides is 6. The van der Waals surface area contributed by atoms with Gasteiger partial charge in [0.2, 0.25) is 41.4 Å². The topological polar surface area (TPSA) is 512 Å². The van der Waals surface area contributed by atoms with E-state index in [0.717, 1.165) is 17.4 Å². The second kappa shape index (κ2) is 29.8. The van der Waals surface area contributed by atoms with Crippen LogP contribution in [0, 0.1) is 71.0 Å². The maximum atomic E-state index is 14.4. The average molecular weight is 1430 g/mol. The number of hydrogen-bond donors (Lipinski definition) is 8. The molecule has 14 N–H and O–H groups in total. The summed E-state index contributed by atoms with van der Waals surface area (Å²) in [6.07, 6.45) is -4.96. The summed E-state index contributed by atoms with van der Waals surface area (Å²) in [5.41, 5.74) is 36.2. The van der Waals surface area contributed by atoms with Crippen LogP contribution in [0.15, 0.2) is 67.8 Å². The fourth-order valence-corrected chi connectivity index (χ4v) is 17.0. The van der Waals surface area contributed by atoms with Gasteiger partial charge in [0, 0.05) is 108 Å². The molecule has 0 aliphatic carbocycles. The molecule has 2 fully saturated rings. The Labute approximate surface area is 575 Å². The van der Waals surface area contributed by atoms with Gasteiger partial charge in [-0.3, -0.25) is 57.3 Å². The Morgan fingerprint density at radius 2 is 1.39 bits per heavy atom. The van der Waals surface area contributed by atoms with Crippen LogP contribution in [0.2, 0.25) is 0 Å². The molecule has 7 amide bonds. The van der Waals surface area contributed by atoms with E-state index in [0.29, 0.717) is 56.4 Å². The minimum Gasteiger partial charge on any atom is -0.756 e. The molecular weight excluding hydrogens is 1340 g/mol. The molecule has 6 aliphatic heterocycles. The zero-order valence-electron chi connectivity index (χ0n) is 56.6. The number of amides is 7. The van der Waals surface area contributed by atoms with Crippen molar-refractivity contribution >= 4 is 87.5 Å². The number of rotatable bonds is 28. The third-order valence-electron chi connectivity index (χ3n) is 20.7. The Morgan fingerprint density at radius 3 is 1.96 bits per heavy atom. The van der Waals surface area contributed by atoms with Crippen LogP contribution in [0.4, 0.5) is 0 Å². The number of imidazole rings is 1. The fourth-order valence-electron chi connectivity index (χ4n) is 15.5. The van der Waals surface area contributed by atoms with Gasteiger partial charge in [0.05, 0.1) is 47.6 Å². The maximum absolute atomic E-state index is 14.4. The number of aryl methyl sites for hydroxylation is 2. The number of fused-ring (bicyclic) bond motifs is 7. The van der Waals surface area contributed by atoms with Crippen LogP contribution in [0.25, 0.3) is 16.4 Å². The number of aliphatic hydroxyl groups excluding tert-OH is 1. The fraction of sp³-hybridized carbons (Fsp3) is 0.625. The number of phosphoric acid groups is 1. The molecule has 97 heavy (non-hydrogen) atoms. The van der Waals surface area contributed by atoms with Gasteiger partial charge in [0.1, 0.15) is 18.3 Å². The first-order valence-corrected chi connectivity index (χ1v) is 34.9. The molecule has 0 spiro atoms. The van der Waals surface area contributed by atoms with E-state index in [-0.39, 0.29) is 87.4 Å². The Hall–Kier alpha value is -7.05. The number of nitrogens with one attached hydrogen (secondary N) is 1. The van der Waals surface area contributed by atoms with Crippen LogP contribution in [0.3, 0.4) is 0 Å². The quantitative estimate of drug-likeness (QED) is 0.0344. The van der Waals surface area contributed by atoms with Crippen LogP contribution < -0.4 is 44.6 Å². The zero-order valence-corrected chi connectivity index (χ0v) is 59.4. The smallest absolute Gasteiger partial charge is 0.756 e. The van der Waals surface area contributed by atoms with E-state index >= 15 is 0 Å². The third-order valence-corrected chi connectivity index (χ3v) is 22.4. The number of aliphatic imine (C=N–C) groups is 3. The van der Waals surface area contributed by atoms with E-state index in [1.165, 1.54) is 17.8 Å². The number of allylic oxidation sites excluding steroid dienone is 6. The van der Waals surface area contributed by atoms with E-state index < -0.39 is 160 Å². The number of hydrogen-bond acceptors (Lipinski definition) is 21. The molecule has 0 radical (unpaired) electrons. The Bertz CT molecular complexity index is 3880. The van der Waals surface area contributed by atoms with Crippen LogP contribution >= 0.6 is 7.82 Å². The van der Waals surface area contributed by atoms with Crippen LogP contribution in [-0.4, -0.2) is 137 Å². The van der Waals surface area contributed by atoms with Crippen molar-refractivity contribution < 1.29 is 91.3 Å². The van der Waals surface area contributed by atoms with Gasteiger partial charge >= 0.3 is 16.8 Å². The van der Waals surface area contributed by atoms with Gasteiger partial charge in [-0.25, -0.2) is 4.98 Å². The molecule has 8 rings (SSSR count). The van der Waals surface area contributed by atoms with Crippen molar-refractivity contribution in [1.82, 2.24) is 14.9 Å². The predicted octanol–water partition coefficient (Wildman–Crippen LogP) is 3.39. The van der Waals surface area contributed by atoms with Crippen LogP contribution in [-0.2, 0) is 83.0 Å². The summed E-state index contributed by atoms with van der Waals surface area (Å²) >= 11 is 0. The molecule has 33 heteroatoms. The molecule has 15 atom stereocenters. The first kappa shape index (κ1) is 78.9. The van der Waals surface area contributed by atoms with Crippen molar-refractivity contribution in [3.63, 3.8) is 0 Å². The minimum atomic E-state index is -5.46. The van der Waals surface area contributed by atoms with E-state index in [2.05, 4.69) is 10.3 Å². The molecule has 8 bridgehead atoms. The van der Waals surface area contributed by atoms with E-state index in [9.17, 15) is 56.5 Å². The van der Waals surface area contributed by atoms with Crippen molar-refractivity contribution in [3.8, 4) is 0 Å². The molecule has 6 aliphatic rings. The summed E-state index contributed by atoms with van der Waals surface area (Å²) in [5, 5.41) is 26.3. The van der Waals surface area contributed by atoms with Gasteiger partial charge in [-0.2, -0.15) is 14.1 Å². The summed E-state index contributed by atoms with van der Waals surface area (Å²) in [7, 11) is -9.57. The summed E-state index contributed by atoms with van der Waals surface area (Å²) in [5.74, 6) is -7.61. The molecule has 1 unspecified atom stereocenters. The summed E-state index contributed by atoms with van der Waals surface area (Å²) in [6.45, 7) is 23.4. The molecular formula is C64H90CoN14O16PS. The molecule has 1 aromatic carbocycles. The van der Waals surface area contributed by atoms with E-state index in [4.69, 9.17) is 84.5 Å². The van der Waals surface area contributed by atoms with Crippen molar-refractivity contribution in [2.24, 2.45) is 94.7 Å². The predicted molar refractivity (Wildman–Crippen MR) is 350 cm³/mol. The summed E-state index contributed by atoms with van der Waals surface area (Å²) < 4.78 is 61.5. The number of aromatic nitrogens is 2. The Kier molecular flexibility index (Phi) is 24.2. The molecule has 532 valence electrons. The zero-order chi connectivity index (χ0) is 71.9. The Morgan fingerprint density at radius 1 is 0.814 bits per heavy atom. The normalized spacial score (nSPS) is 32.4. The number of aliphatic hydroxyl groups is 1. The minimum absolute atomic E-state index is 0. The molecule has 0 saturated carbocycles. The number of carbonyl (C=O) groups excluding carboxylic acids is 7. The standard InChI is InChI=1S/C63H92N13O16PS.CN.Co/c1-30-21-40-41(22-31(30)2)76(29-71-40)58-53(84)54(42(90-58)28-89-94(12,87)88)92-93(85,86)91-32(3)27-70-50(83)19-20-60(8)38(23-47(67)80)57-63(11)62(10,26-49(69)82)37(15-18-46(66)79)52(75-63)34(5)56-61(9,25-48(68)81)35(13-16-44(64)77)39(72-56)24-43-59(6,7)36(14-17-45(65)78)51(73-43)33(4)55(60)74-57;1-2;/h21-22,24,29,32,35-38,42,53-54,57-58,84H,13-20,23,25-28H2,1-12H3,(H15,64,65,66,67,68,69,70,72,73,74,75,77,78,79,80,81,82,83,85,86);;/q;-1;+3/p-2/t32-,35-,36-,37-,38+,42-,53-,54-,57-,58+,60-,61+,62+,63+;;/m1../s1. The number of carbonyl (C=O) groups is 7. The number of nitrogens with zero attached hydrogens (tertiary/aromatic N) is 7. The van der Waals surface area contributed by atoms with E-state index in [1.807, 2.05) is 60.6 Å². The van der Waals surface area contributed by atoms with Gasteiger partial charge in [0.25, 0.3) is 17.9 Å². The first-order valence-electron chi connectivity index (χ1n) is 31.6. The summed E-state index contributed by atoms with van der Waals surface area (Å²) in [6, 6.07) is 2.54. The summed E-state index contributed by atoms with van der Waals surface area (Å²) in [4.78, 5) is 128. The van der Waals surface area contributed by atoms with Crippen molar-refractivity contribution in [2.45, 2.75) is 189 Å². The number of nitrogens with two attached hydrogens (primary N) is 6. The average Bonchev–Trinajstić information content (AvgIpc) is 1.53. The number of benzene rings is 1. The third kappa shape index (κ3) is 16.2. The van der Waals surface area contributed by atoms with Gasteiger partial charge in [0.15, 0.2) is 6.23 Å². The van der Waals surface area contributed by atoms with Crippen LogP contribution in [0.5, 0.6) is 0 Å². The van der Waals surface area contributed by atoms with E-state index in [1.54, 1.807) is 26.8 Å². The second-order valence-electron chi connectivity index (χ2n) is 27.8. The molecule has 1 aromatic heterocycles. The first-order chi connectivity index (χ1) is 44.5. The molecule has 2 aromatic rings. The number of ether oxygens (including phenoxy) is 1. The van der Waals surface area contributed by atoms with Gasteiger partial charge < -0.3 is 85.2 Å². The monoisotopic (exact) mass is 1430 g/mol.